The van der Waals surface area contributed by atoms with Gasteiger partial charge in [0.15, 0.2) is 0 Å². The highest BCUT2D eigenvalue weighted by Crippen LogP contribution is 1.99. The zero-order valence-electron chi connectivity index (χ0n) is 8.28. The summed E-state index contributed by atoms with van der Waals surface area (Å²) in [6, 6.07) is 4.57. The largest absolute Gasteiger partial charge is 0.351 e. The molecule has 0 unspecified atom stereocenters. The number of pyridine rings is 1. The van der Waals surface area contributed by atoms with E-state index in [0.717, 1.165) is 0 Å². The van der Waals surface area contributed by atoms with Gasteiger partial charge in [0.1, 0.15) is 11.4 Å². The Morgan fingerprint density at radius 1 is 1.33 bits per heavy atom. The molecule has 2 amide bonds. The van der Waals surface area contributed by atoms with Gasteiger partial charge in [0.2, 0.25) is 0 Å². The van der Waals surface area contributed by atoms with E-state index in [0.29, 0.717) is 6.54 Å². The lowest BCUT2D eigenvalue weighted by atomic mass is 10.3. The average molecular weight is 208 g/mol. The summed E-state index contributed by atoms with van der Waals surface area (Å²) in [4.78, 5) is 26.3. The lowest BCUT2D eigenvalue weighted by Gasteiger charge is -2.03. The highest BCUT2D eigenvalue weighted by atomic mass is 16.2. The zero-order chi connectivity index (χ0) is 11.3. The van der Waals surface area contributed by atoms with Crippen LogP contribution in [0.3, 0.4) is 0 Å². The van der Waals surface area contributed by atoms with Crippen molar-refractivity contribution < 1.29 is 9.59 Å². The molecule has 6 nitrogen and oxygen atoms in total. The molecule has 0 spiro atoms. The fraction of sp³-hybridized carbons (Fsp3) is 0.222. The van der Waals surface area contributed by atoms with Gasteiger partial charge in [0, 0.05) is 6.54 Å². The molecule has 15 heavy (non-hydrogen) atoms. The number of nitrogens with two attached hydrogens (primary N) is 1. The Morgan fingerprint density at radius 2 is 1.93 bits per heavy atom. The molecule has 0 aliphatic rings. The summed E-state index contributed by atoms with van der Waals surface area (Å²) >= 11 is 0. The topological polar surface area (TPSA) is 97.1 Å². The maximum atomic E-state index is 11.4. The van der Waals surface area contributed by atoms with Crippen LogP contribution in [0.4, 0.5) is 0 Å². The molecule has 0 radical (unpaired) electrons. The van der Waals surface area contributed by atoms with Crippen molar-refractivity contribution >= 4 is 11.8 Å². The summed E-state index contributed by atoms with van der Waals surface area (Å²) < 4.78 is 0. The fourth-order valence-electron chi connectivity index (χ4n) is 1.01. The van der Waals surface area contributed by atoms with Crippen molar-refractivity contribution in [1.82, 2.24) is 15.7 Å². The number of hydrogen-bond donors (Lipinski definition) is 3. The first-order chi connectivity index (χ1) is 7.19. The number of carbonyl (C=O) groups excluding carboxylic acids is 2. The third kappa shape index (κ3) is 2.75. The second-order valence-electron chi connectivity index (χ2n) is 2.74. The number of rotatable bonds is 3. The maximum Gasteiger partial charge on any atom is 0.283 e. The van der Waals surface area contributed by atoms with Crippen LogP contribution in [0.2, 0.25) is 0 Å². The second kappa shape index (κ2) is 5.06. The quantitative estimate of drug-likeness (QED) is 0.352. The van der Waals surface area contributed by atoms with Gasteiger partial charge in [0.25, 0.3) is 11.8 Å². The molecule has 0 aliphatic carbocycles. The van der Waals surface area contributed by atoms with Crippen LogP contribution in [0.5, 0.6) is 0 Å². The summed E-state index contributed by atoms with van der Waals surface area (Å²) in [6.45, 7) is 2.31. The van der Waals surface area contributed by atoms with Gasteiger partial charge >= 0.3 is 0 Å². The summed E-state index contributed by atoms with van der Waals surface area (Å²) in [5, 5.41) is 2.58. The number of nitrogen functional groups attached to an aromatic ring is 1. The Morgan fingerprint density at radius 3 is 2.47 bits per heavy atom. The molecule has 0 saturated heterocycles. The molecule has 0 saturated carbocycles. The molecular weight excluding hydrogens is 196 g/mol. The fourth-order valence-corrected chi connectivity index (χ4v) is 1.01. The van der Waals surface area contributed by atoms with Crippen LogP contribution in [-0.2, 0) is 0 Å². The van der Waals surface area contributed by atoms with E-state index in [1.54, 1.807) is 13.0 Å². The van der Waals surface area contributed by atoms with Gasteiger partial charge in [-0.25, -0.2) is 10.8 Å². The van der Waals surface area contributed by atoms with Gasteiger partial charge in [-0.15, -0.1) is 0 Å². The Hall–Kier alpha value is -1.95. The summed E-state index contributed by atoms with van der Waals surface area (Å²) in [5.41, 5.74) is 2.25. The Labute approximate surface area is 86.8 Å². The molecule has 0 aromatic carbocycles. The Bertz CT molecular complexity index is 378. The first kappa shape index (κ1) is 11.1. The van der Waals surface area contributed by atoms with Gasteiger partial charge < -0.3 is 5.32 Å². The molecule has 0 atom stereocenters. The molecule has 80 valence electrons. The number of hydrogen-bond acceptors (Lipinski definition) is 4. The van der Waals surface area contributed by atoms with Crippen LogP contribution < -0.4 is 16.6 Å². The molecule has 6 heteroatoms. The number of nitrogens with zero attached hydrogens (tertiary/aromatic N) is 1. The second-order valence-corrected chi connectivity index (χ2v) is 2.74. The first-order valence-electron chi connectivity index (χ1n) is 4.45. The van der Waals surface area contributed by atoms with Crippen LogP contribution in [-0.4, -0.2) is 23.3 Å². The normalized spacial score (nSPS) is 9.47. The highest BCUT2D eigenvalue weighted by molar-refractivity contribution is 5.95. The smallest absolute Gasteiger partial charge is 0.283 e. The molecule has 1 heterocycles. The molecule has 4 N–H and O–H groups in total. The zero-order valence-corrected chi connectivity index (χ0v) is 8.28. The van der Waals surface area contributed by atoms with E-state index >= 15 is 0 Å². The van der Waals surface area contributed by atoms with Crippen molar-refractivity contribution in [3.63, 3.8) is 0 Å². The average Bonchev–Trinajstić information content (AvgIpc) is 2.28. The van der Waals surface area contributed by atoms with Crippen LogP contribution in [0, 0.1) is 0 Å². The van der Waals surface area contributed by atoms with Crippen molar-refractivity contribution in [2.75, 3.05) is 6.54 Å². The summed E-state index contributed by atoms with van der Waals surface area (Å²) in [7, 11) is 0. The van der Waals surface area contributed by atoms with E-state index < -0.39 is 5.91 Å². The molecule has 0 aliphatic heterocycles. The van der Waals surface area contributed by atoms with Crippen LogP contribution in [0.15, 0.2) is 18.2 Å². The summed E-state index contributed by atoms with van der Waals surface area (Å²) in [6.07, 6.45) is 0. The van der Waals surface area contributed by atoms with Crippen molar-refractivity contribution in [3.05, 3.63) is 29.6 Å². The monoisotopic (exact) mass is 208 g/mol. The van der Waals surface area contributed by atoms with Gasteiger partial charge in [0.05, 0.1) is 0 Å². The molecule has 1 aromatic heterocycles. The Balaban J connectivity index is 2.92. The van der Waals surface area contributed by atoms with E-state index in [9.17, 15) is 9.59 Å². The van der Waals surface area contributed by atoms with Crippen LogP contribution in [0.1, 0.15) is 27.9 Å². The van der Waals surface area contributed by atoms with Crippen molar-refractivity contribution in [1.29, 1.82) is 0 Å². The number of nitrogens with one attached hydrogen (secondary N) is 2. The standard InChI is InChI=1S/C9H12N4O2/c1-2-11-8(14)6-4-3-5-7(12-6)9(15)13-10/h3-5H,2,10H2,1H3,(H,11,14)(H,13,15). The lowest BCUT2D eigenvalue weighted by Crippen LogP contribution is -2.31. The number of hydrazine groups is 1. The number of amides is 2. The van der Waals surface area contributed by atoms with Crippen molar-refractivity contribution in [3.8, 4) is 0 Å². The van der Waals surface area contributed by atoms with Gasteiger partial charge in [-0.2, -0.15) is 0 Å². The van der Waals surface area contributed by atoms with E-state index in [4.69, 9.17) is 5.84 Å². The van der Waals surface area contributed by atoms with Crippen LogP contribution in [0.25, 0.3) is 0 Å². The van der Waals surface area contributed by atoms with E-state index in [1.807, 2.05) is 5.43 Å². The molecular formula is C9H12N4O2. The third-order valence-electron chi connectivity index (χ3n) is 1.68. The highest BCUT2D eigenvalue weighted by Gasteiger charge is 2.10. The molecule has 1 aromatic rings. The van der Waals surface area contributed by atoms with Gasteiger partial charge in [-0.3, -0.25) is 15.0 Å². The number of carbonyl (C=O) groups is 2. The van der Waals surface area contributed by atoms with Crippen LogP contribution >= 0.6 is 0 Å². The lowest BCUT2D eigenvalue weighted by molar-refractivity contribution is 0.0945. The van der Waals surface area contributed by atoms with Gasteiger partial charge in [-0.1, -0.05) is 6.07 Å². The SMILES string of the molecule is CCNC(=O)c1cccc(C(=O)NN)n1. The molecule has 0 fully saturated rings. The maximum absolute atomic E-state index is 11.4. The van der Waals surface area contributed by atoms with E-state index in [1.165, 1.54) is 12.1 Å². The van der Waals surface area contributed by atoms with Crippen molar-refractivity contribution in [2.24, 2.45) is 5.84 Å². The summed E-state index contributed by atoms with van der Waals surface area (Å²) in [5.74, 6) is 4.11. The van der Waals surface area contributed by atoms with Gasteiger partial charge in [-0.05, 0) is 19.1 Å². The molecule has 0 bridgehead atoms. The minimum atomic E-state index is -0.527. The van der Waals surface area contributed by atoms with E-state index in [-0.39, 0.29) is 17.3 Å². The van der Waals surface area contributed by atoms with Crippen molar-refractivity contribution in [2.45, 2.75) is 6.92 Å². The Kier molecular flexibility index (Phi) is 3.75. The minimum Gasteiger partial charge on any atom is -0.351 e. The first-order valence-corrected chi connectivity index (χ1v) is 4.45. The van der Waals surface area contributed by atoms with E-state index in [2.05, 4.69) is 10.3 Å². The number of aromatic nitrogens is 1. The molecule has 1 rings (SSSR count). The predicted molar refractivity (Wildman–Crippen MR) is 53.9 cm³/mol. The third-order valence-corrected chi connectivity index (χ3v) is 1.68. The predicted octanol–water partition coefficient (Wildman–Crippen LogP) is -0.565. The minimum absolute atomic E-state index is 0.112.